The predicted molar refractivity (Wildman–Crippen MR) is 324 cm³/mol. The van der Waals surface area contributed by atoms with Crippen molar-refractivity contribution in [2.75, 3.05) is 13.2 Å². The standard InChI is InChI=1S/C67H125NO10/c1-4-7-10-13-16-19-22-25-27-28-29-30-31-32-33-34-35-37-40-43-46-49-52-55-62(72)78-65-64(74)63(73)61(56-69)77-67(65)76-57-58(59(70)53-50-47-44-41-38-24-21-18-15-12-9-6-3)68-66(75)60(71)54-51-48-45-42-39-36-26-23-20-17-14-11-8-5-2/h16,19,25,27,50,53,58-61,63-65,67,69-71,73-74H,4-15,17-18,20-24,26,28-49,51-52,54-57H2,1-3H3,(H,68,75)/b19-16-,27-25-,53-50+. The number of carbonyl (C=O) groups excluding carboxylic acids is 2. The van der Waals surface area contributed by atoms with Crippen LogP contribution in [0.4, 0.5) is 0 Å². The zero-order chi connectivity index (χ0) is 56.8. The Morgan fingerprint density at radius 1 is 0.500 bits per heavy atom. The fraction of sp³-hybridized carbons (Fsp3) is 0.881. The van der Waals surface area contributed by atoms with Gasteiger partial charge in [-0.15, -0.1) is 0 Å². The van der Waals surface area contributed by atoms with E-state index in [1.165, 1.54) is 205 Å². The topological polar surface area (TPSA) is 175 Å². The maximum atomic E-state index is 13.4. The quantitative estimate of drug-likeness (QED) is 0.0195. The summed E-state index contributed by atoms with van der Waals surface area (Å²) in [5.74, 6) is -1.18. The number of aliphatic hydroxyl groups excluding tert-OH is 5. The molecule has 0 saturated carbocycles. The average molecular weight is 1100 g/mol. The number of carbonyl (C=O) groups is 2. The number of unbranched alkanes of at least 4 members (excludes halogenated alkanes) is 39. The fourth-order valence-electron chi connectivity index (χ4n) is 10.5. The van der Waals surface area contributed by atoms with Crippen LogP contribution in [0.15, 0.2) is 36.5 Å². The monoisotopic (exact) mass is 1100 g/mol. The summed E-state index contributed by atoms with van der Waals surface area (Å²) in [7, 11) is 0. The third-order valence-corrected chi connectivity index (χ3v) is 15.8. The maximum absolute atomic E-state index is 13.4. The van der Waals surface area contributed by atoms with Gasteiger partial charge in [0.05, 0.1) is 25.4 Å². The van der Waals surface area contributed by atoms with Crippen molar-refractivity contribution in [2.45, 2.75) is 365 Å². The zero-order valence-electron chi connectivity index (χ0n) is 50.8. The molecule has 0 radical (unpaired) electrons. The molecule has 0 aromatic heterocycles. The molecule has 1 fully saturated rings. The molecular weight excluding hydrogens is 979 g/mol. The molecule has 11 heteroatoms. The molecule has 458 valence electrons. The maximum Gasteiger partial charge on any atom is 0.306 e. The first kappa shape index (κ1) is 73.9. The molecule has 0 aromatic rings. The number of aliphatic hydroxyl groups is 5. The van der Waals surface area contributed by atoms with Crippen LogP contribution in [0.25, 0.3) is 0 Å². The van der Waals surface area contributed by atoms with E-state index >= 15 is 0 Å². The Balaban J connectivity index is 2.59. The normalized spacial score (nSPS) is 19.1. The van der Waals surface area contributed by atoms with Crippen LogP contribution in [0.3, 0.4) is 0 Å². The first-order valence-corrected chi connectivity index (χ1v) is 33.3. The molecule has 1 amide bonds. The van der Waals surface area contributed by atoms with Crippen LogP contribution in [0.5, 0.6) is 0 Å². The lowest BCUT2D eigenvalue weighted by molar-refractivity contribution is -0.305. The highest BCUT2D eigenvalue weighted by molar-refractivity contribution is 5.80. The number of hydrogen-bond donors (Lipinski definition) is 6. The van der Waals surface area contributed by atoms with E-state index in [4.69, 9.17) is 14.2 Å². The fourth-order valence-corrected chi connectivity index (χ4v) is 10.5. The molecule has 1 saturated heterocycles. The van der Waals surface area contributed by atoms with Gasteiger partial charge in [0.2, 0.25) is 5.91 Å². The summed E-state index contributed by atoms with van der Waals surface area (Å²) in [5.41, 5.74) is 0. The number of hydrogen-bond acceptors (Lipinski definition) is 10. The lowest BCUT2D eigenvalue weighted by Crippen LogP contribution is -2.61. The van der Waals surface area contributed by atoms with Crippen molar-refractivity contribution in [3.05, 3.63) is 36.5 Å². The van der Waals surface area contributed by atoms with Crippen molar-refractivity contribution in [1.29, 1.82) is 0 Å². The molecule has 0 aromatic carbocycles. The number of rotatable bonds is 57. The molecule has 1 aliphatic heterocycles. The Hall–Kier alpha value is -2.12. The molecule has 1 aliphatic rings. The van der Waals surface area contributed by atoms with Crippen molar-refractivity contribution >= 4 is 11.9 Å². The molecule has 1 rings (SSSR count). The van der Waals surface area contributed by atoms with E-state index in [0.717, 1.165) is 64.2 Å². The van der Waals surface area contributed by atoms with Crippen LogP contribution in [0.2, 0.25) is 0 Å². The van der Waals surface area contributed by atoms with Gasteiger partial charge < -0.3 is 45.1 Å². The van der Waals surface area contributed by atoms with Crippen LogP contribution < -0.4 is 5.32 Å². The van der Waals surface area contributed by atoms with Gasteiger partial charge in [0, 0.05) is 6.42 Å². The van der Waals surface area contributed by atoms with E-state index in [0.29, 0.717) is 19.3 Å². The second-order valence-corrected chi connectivity index (χ2v) is 23.2. The van der Waals surface area contributed by atoms with Crippen LogP contribution in [0, 0.1) is 0 Å². The SMILES string of the molecule is CCCCC/C=C\C/C=C\CCCCCCCCCCCCCCCC(=O)OC1C(OCC(NC(=O)C(O)CCCCCCCCCCCCCCCC)C(O)/C=C/CCCCCCCCCCCC)OC(CO)C(O)C1O. The lowest BCUT2D eigenvalue weighted by Gasteiger charge is -2.41. The molecule has 8 unspecified atom stereocenters. The summed E-state index contributed by atoms with van der Waals surface area (Å²) in [5, 5.41) is 57.1. The van der Waals surface area contributed by atoms with Crippen LogP contribution >= 0.6 is 0 Å². The summed E-state index contributed by atoms with van der Waals surface area (Å²) < 4.78 is 17.7. The van der Waals surface area contributed by atoms with Gasteiger partial charge in [0.25, 0.3) is 0 Å². The largest absolute Gasteiger partial charge is 0.454 e. The number of nitrogens with one attached hydrogen (secondary N) is 1. The molecule has 0 aliphatic carbocycles. The molecular formula is C67H125NO10. The summed E-state index contributed by atoms with van der Waals surface area (Å²) >= 11 is 0. The Labute approximate surface area is 479 Å². The van der Waals surface area contributed by atoms with Gasteiger partial charge in [0.15, 0.2) is 12.4 Å². The molecule has 6 N–H and O–H groups in total. The Bertz CT molecular complexity index is 1410. The average Bonchev–Trinajstić information content (AvgIpc) is 3.45. The van der Waals surface area contributed by atoms with Gasteiger partial charge in [-0.1, -0.05) is 288 Å². The van der Waals surface area contributed by atoms with Crippen LogP contribution in [-0.2, 0) is 23.8 Å². The summed E-state index contributed by atoms with van der Waals surface area (Å²) in [6, 6.07) is -1.02. The number of esters is 1. The predicted octanol–water partition coefficient (Wildman–Crippen LogP) is 16.2. The van der Waals surface area contributed by atoms with E-state index in [-0.39, 0.29) is 13.0 Å². The van der Waals surface area contributed by atoms with Gasteiger partial charge in [-0.2, -0.15) is 0 Å². The van der Waals surface area contributed by atoms with Gasteiger partial charge in [0.1, 0.15) is 24.4 Å². The zero-order valence-corrected chi connectivity index (χ0v) is 50.8. The van der Waals surface area contributed by atoms with Gasteiger partial charge >= 0.3 is 5.97 Å². The van der Waals surface area contributed by atoms with E-state index in [9.17, 15) is 35.1 Å². The minimum atomic E-state index is -1.61. The Morgan fingerprint density at radius 2 is 0.885 bits per heavy atom. The number of amides is 1. The highest BCUT2D eigenvalue weighted by atomic mass is 16.7. The van der Waals surface area contributed by atoms with Crippen molar-refractivity contribution in [3.8, 4) is 0 Å². The second-order valence-electron chi connectivity index (χ2n) is 23.2. The van der Waals surface area contributed by atoms with Crippen molar-refractivity contribution in [1.82, 2.24) is 5.32 Å². The minimum Gasteiger partial charge on any atom is -0.454 e. The molecule has 8 atom stereocenters. The summed E-state index contributed by atoms with van der Waals surface area (Å²) in [6.07, 6.45) is 56.1. The minimum absolute atomic E-state index is 0.126. The molecule has 0 bridgehead atoms. The van der Waals surface area contributed by atoms with Crippen LogP contribution in [0.1, 0.15) is 316 Å². The number of allylic oxidation sites excluding steroid dienone is 5. The smallest absolute Gasteiger partial charge is 0.306 e. The van der Waals surface area contributed by atoms with E-state index in [2.05, 4.69) is 50.4 Å². The first-order chi connectivity index (χ1) is 38.2. The van der Waals surface area contributed by atoms with Gasteiger partial charge in [-0.25, -0.2) is 0 Å². The third kappa shape index (κ3) is 42.7. The summed E-state index contributed by atoms with van der Waals surface area (Å²) in [4.78, 5) is 26.6. The van der Waals surface area contributed by atoms with Crippen molar-refractivity contribution in [2.24, 2.45) is 0 Å². The van der Waals surface area contributed by atoms with Gasteiger partial charge in [-0.3, -0.25) is 9.59 Å². The third-order valence-electron chi connectivity index (χ3n) is 15.8. The summed E-state index contributed by atoms with van der Waals surface area (Å²) in [6.45, 7) is 5.80. The van der Waals surface area contributed by atoms with E-state index < -0.39 is 67.4 Å². The van der Waals surface area contributed by atoms with Crippen molar-refractivity contribution in [3.63, 3.8) is 0 Å². The molecule has 0 spiro atoms. The highest BCUT2D eigenvalue weighted by Crippen LogP contribution is 2.26. The second kappa shape index (κ2) is 55.4. The molecule has 78 heavy (non-hydrogen) atoms. The van der Waals surface area contributed by atoms with E-state index in [1.54, 1.807) is 6.08 Å². The first-order valence-electron chi connectivity index (χ1n) is 33.3. The lowest BCUT2D eigenvalue weighted by atomic mass is 9.99. The van der Waals surface area contributed by atoms with E-state index in [1.807, 2.05) is 6.08 Å². The van der Waals surface area contributed by atoms with Crippen molar-refractivity contribution < 1.29 is 49.3 Å². The van der Waals surface area contributed by atoms with Crippen LogP contribution in [-0.4, -0.2) is 99.6 Å². The highest BCUT2D eigenvalue weighted by Gasteiger charge is 2.47. The molecule has 1 heterocycles. The number of ether oxygens (including phenoxy) is 3. The molecule has 11 nitrogen and oxygen atoms in total. The Morgan fingerprint density at radius 3 is 1.33 bits per heavy atom. The Kier molecular flexibility index (Phi) is 52.5. The van der Waals surface area contributed by atoms with Gasteiger partial charge in [-0.05, 0) is 57.8 Å².